The van der Waals surface area contributed by atoms with Gasteiger partial charge in [-0.15, -0.1) is 0 Å². The highest BCUT2D eigenvalue weighted by Crippen LogP contribution is 2.38. The molecule has 0 fully saturated rings. The van der Waals surface area contributed by atoms with Crippen molar-refractivity contribution in [1.82, 2.24) is 0 Å². The fourth-order valence-electron chi connectivity index (χ4n) is 1.86. The first-order chi connectivity index (χ1) is 7.76. The van der Waals surface area contributed by atoms with Gasteiger partial charge in [-0.2, -0.15) is 0 Å². The number of para-hydroxylation sites is 1. The van der Waals surface area contributed by atoms with E-state index in [2.05, 4.69) is 0 Å². The summed E-state index contributed by atoms with van der Waals surface area (Å²) in [5.74, 6) is 0.332. The van der Waals surface area contributed by atoms with E-state index in [1.54, 1.807) is 0 Å². The Morgan fingerprint density at radius 1 is 0.941 bits per heavy atom. The topological polar surface area (TPSA) is 72.3 Å². The third kappa shape index (κ3) is 2.61. The molecule has 0 saturated heterocycles. The van der Waals surface area contributed by atoms with E-state index in [9.17, 15) is 5.11 Å². The highest BCUT2D eigenvalue weighted by molar-refractivity contribution is 5.47. The van der Waals surface area contributed by atoms with Crippen molar-refractivity contribution < 1.29 is 5.11 Å². The van der Waals surface area contributed by atoms with Crippen LogP contribution in [0.3, 0.4) is 0 Å². The molecule has 0 aliphatic heterocycles. The third-order valence-corrected chi connectivity index (χ3v) is 3.51. The van der Waals surface area contributed by atoms with Gasteiger partial charge in [0.15, 0.2) is 0 Å². The molecule has 0 atom stereocenters. The molecule has 96 valence electrons. The highest BCUT2D eigenvalue weighted by Gasteiger charge is 2.28. The van der Waals surface area contributed by atoms with Crippen LogP contribution in [0.5, 0.6) is 5.75 Å². The molecule has 0 spiro atoms. The Morgan fingerprint density at radius 2 is 1.29 bits per heavy atom. The summed E-state index contributed by atoms with van der Waals surface area (Å²) in [6.45, 7) is 9.10. The Morgan fingerprint density at radius 3 is 1.59 bits per heavy atom. The Bertz CT molecular complexity index is 363. The van der Waals surface area contributed by atoms with Gasteiger partial charge in [-0.3, -0.25) is 0 Å². The summed E-state index contributed by atoms with van der Waals surface area (Å²) in [7, 11) is 0. The maximum atomic E-state index is 10.4. The van der Waals surface area contributed by atoms with Gasteiger partial charge in [0.25, 0.3) is 0 Å². The van der Waals surface area contributed by atoms with Crippen LogP contribution in [0, 0.1) is 0 Å². The van der Waals surface area contributed by atoms with Gasteiger partial charge in [-0.05, 0) is 0 Å². The second-order valence-electron chi connectivity index (χ2n) is 5.88. The molecule has 0 amide bonds. The van der Waals surface area contributed by atoms with E-state index in [-0.39, 0.29) is 10.8 Å². The van der Waals surface area contributed by atoms with E-state index in [0.717, 1.165) is 11.1 Å². The van der Waals surface area contributed by atoms with Gasteiger partial charge in [0.1, 0.15) is 5.75 Å². The average molecular weight is 236 g/mol. The number of nitrogens with two attached hydrogens (primary N) is 2. The number of phenols is 1. The van der Waals surface area contributed by atoms with Gasteiger partial charge >= 0.3 is 0 Å². The van der Waals surface area contributed by atoms with Crippen LogP contribution in [0.15, 0.2) is 18.2 Å². The van der Waals surface area contributed by atoms with Crippen LogP contribution >= 0.6 is 0 Å². The van der Waals surface area contributed by atoms with Crippen molar-refractivity contribution >= 4 is 0 Å². The molecule has 0 bridgehead atoms. The normalized spacial score (nSPS) is 12.8. The summed E-state index contributed by atoms with van der Waals surface area (Å²) in [5.41, 5.74) is 12.8. The van der Waals surface area contributed by atoms with E-state index in [0.29, 0.717) is 18.8 Å². The second kappa shape index (κ2) is 4.67. The maximum absolute atomic E-state index is 10.4. The zero-order valence-electron chi connectivity index (χ0n) is 11.2. The lowest BCUT2D eigenvalue weighted by Gasteiger charge is -2.29. The standard InChI is InChI=1S/C14H24N2O/c1-13(2,8-15)10-6-5-7-11(12(10)17)14(3,4)9-16/h5-7,17H,8-9,15-16H2,1-4H3. The summed E-state index contributed by atoms with van der Waals surface area (Å²) in [6, 6.07) is 5.82. The Kier molecular flexibility index (Phi) is 3.84. The highest BCUT2D eigenvalue weighted by atomic mass is 16.3. The second-order valence-corrected chi connectivity index (χ2v) is 5.88. The van der Waals surface area contributed by atoms with Gasteiger partial charge < -0.3 is 16.6 Å². The molecule has 3 nitrogen and oxygen atoms in total. The predicted molar refractivity (Wildman–Crippen MR) is 72.3 cm³/mol. The van der Waals surface area contributed by atoms with Crippen LogP contribution < -0.4 is 11.5 Å². The van der Waals surface area contributed by atoms with Crippen LogP contribution in [-0.4, -0.2) is 18.2 Å². The molecule has 17 heavy (non-hydrogen) atoms. The summed E-state index contributed by atoms with van der Waals surface area (Å²) in [5, 5.41) is 10.4. The van der Waals surface area contributed by atoms with Crippen molar-refractivity contribution in [3.8, 4) is 5.75 Å². The fraction of sp³-hybridized carbons (Fsp3) is 0.571. The number of rotatable bonds is 4. The van der Waals surface area contributed by atoms with Crippen LogP contribution in [0.4, 0.5) is 0 Å². The van der Waals surface area contributed by atoms with E-state index in [4.69, 9.17) is 11.5 Å². The van der Waals surface area contributed by atoms with Crippen molar-refractivity contribution in [3.05, 3.63) is 29.3 Å². The summed E-state index contributed by atoms with van der Waals surface area (Å²) in [4.78, 5) is 0. The number of benzene rings is 1. The molecule has 0 saturated carbocycles. The minimum atomic E-state index is -0.231. The van der Waals surface area contributed by atoms with E-state index >= 15 is 0 Å². The molecule has 0 aromatic heterocycles. The average Bonchev–Trinajstić information content (AvgIpc) is 2.28. The first-order valence-electron chi connectivity index (χ1n) is 5.99. The van der Waals surface area contributed by atoms with Crippen LogP contribution in [0.2, 0.25) is 0 Å². The van der Waals surface area contributed by atoms with Gasteiger partial charge in [0.2, 0.25) is 0 Å². The van der Waals surface area contributed by atoms with Gasteiger partial charge in [0, 0.05) is 35.0 Å². The van der Waals surface area contributed by atoms with Crippen LogP contribution in [0.25, 0.3) is 0 Å². The Balaban J connectivity index is 3.36. The number of phenolic OH excluding ortho intramolecular Hbond substituents is 1. The molecule has 1 aromatic rings. The number of hydrogen-bond donors (Lipinski definition) is 3. The first-order valence-corrected chi connectivity index (χ1v) is 5.99. The van der Waals surface area contributed by atoms with Crippen molar-refractivity contribution in [2.45, 2.75) is 38.5 Å². The molecule has 0 radical (unpaired) electrons. The lowest BCUT2D eigenvalue weighted by molar-refractivity contribution is 0.412. The van der Waals surface area contributed by atoms with E-state index in [1.807, 2.05) is 45.9 Å². The van der Waals surface area contributed by atoms with Crippen LogP contribution in [-0.2, 0) is 10.8 Å². The Hall–Kier alpha value is -1.06. The zero-order chi connectivity index (χ0) is 13.3. The predicted octanol–water partition coefficient (Wildman–Crippen LogP) is 1.86. The SMILES string of the molecule is CC(C)(CN)c1cccc(C(C)(C)CN)c1O. The largest absolute Gasteiger partial charge is 0.507 e. The smallest absolute Gasteiger partial charge is 0.123 e. The molecule has 5 N–H and O–H groups in total. The van der Waals surface area contributed by atoms with E-state index < -0.39 is 0 Å². The fourth-order valence-corrected chi connectivity index (χ4v) is 1.86. The summed E-state index contributed by atoms with van der Waals surface area (Å²) >= 11 is 0. The minimum absolute atomic E-state index is 0.231. The maximum Gasteiger partial charge on any atom is 0.123 e. The molecule has 0 unspecified atom stereocenters. The molecule has 3 heteroatoms. The van der Waals surface area contributed by atoms with Gasteiger partial charge in [0.05, 0.1) is 0 Å². The third-order valence-electron chi connectivity index (χ3n) is 3.51. The molecule has 1 rings (SSSR count). The number of hydrogen-bond acceptors (Lipinski definition) is 3. The summed E-state index contributed by atoms with van der Waals surface area (Å²) in [6.07, 6.45) is 0. The molecular weight excluding hydrogens is 212 g/mol. The minimum Gasteiger partial charge on any atom is -0.507 e. The molecule has 0 aliphatic carbocycles. The van der Waals surface area contributed by atoms with Crippen LogP contribution in [0.1, 0.15) is 38.8 Å². The monoisotopic (exact) mass is 236 g/mol. The van der Waals surface area contributed by atoms with E-state index in [1.165, 1.54) is 0 Å². The number of aromatic hydroxyl groups is 1. The summed E-state index contributed by atoms with van der Waals surface area (Å²) < 4.78 is 0. The van der Waals surface area contributed by atoms with Crippen molar-refractivity contribution in [2.75, 3.05) is 13.1 Å². The lowest BCUT2D eigenvalue weighted by atomic mass is 9.78. The molecule has 0 aliphatic rings. The molecule has 0 heterocycles. The first kappa shape index (κ1) is 14.0. The van der Waals surface area contributed by atoms with Crippen molar-refractivity contribution in [2.24, 2.45) is 11.5 Å². The van der Waals surface area contributed by atoms with Crippen molar-refractivity contribution in [3.63, 3.8) is 0 Å². The lowest BCUT2D eigenvalue weighted by Crippen LogP contribution is -2.31. The quantitative estimate of drug-likeness (QED) is 0.747. The zero-order valence-corrected chi connectivity index (χ0v) is 11.2. The van der Waals surface area contributed by atoms with Gasteiger partial charge in [-0.25, -0.2) is 0 Å². The molecule has 1 aromatic carbocycles. The molecular formula is C14H24N2O. The Labute approximate surface area is 104 Å². The van der Waals surface area contributed by atoms with Crippen molar-refractivity contribution in [1.29, 1.82) is 0 Å². The van der Waals surface area contributed by atoms with Gasteiger partial charge in [-0.1, -0.05) is 45.9 Å².